The van der Waals surface area contributed by atoms with E-state index >= 15 is 0 Å². The number of hydrogen-bond donors (Lipinski definition) is 0. The van der Waals surface area contributed by atoms with Crippen LogP contribution in [0.5, 0.6) is 0 Å². The second kappa shape index (κ2) is 4.24. The van der Waals surface area contributed by atoms with Gasteiger partial charge in [0, 0.05) is 5.41 Å². The Morgan fingerprint density at radius 3 is 2.67 bits per heavy atom. The molecule has 6 atom stereocenters. The molecule has 1 spiro atoms. The van der Waals surface area contributed by atoms with Crippen molar-refractivity contribution in [2.45, 2.75) is 72.1 Å². The van der Waals surface area contributed by atoms with E-state index in [9.17, 15) is 4.79 Å². The van der Waals surface area contributed by atoms with Gasteiger partial charge in [-0.3, -0.25) is 0 Å². The minimum absolute atomic E-state index is 0.0528. The molecular weight excluding hydrogens is 256 g/mol. The third-order valence-electron chi connectivity index (χ3n) is 8.27. The molecule has 0 saturated heterocycles. The summed E-state index contributed by atoms with van der Waals surface area (Å²) in [6.45, 7) is 7.17. The Morgan fingerprint density at radius 1 is 1.10 bits per heavy atom. The number of carbonyl (C=O) groups excluding carboxylic acids is 1. The van der Waals surface area contributed by atoms with Crippen molar-refractivity contribution in [2.24, 2.45) is 34.0 Å². The fourth-order valence-corrected chi connectivity index (χ4v) is 7.40. The Kier molecular flexibility index (Phi) is 2.83. The molecule has 0 radical (unpaired) electrons. The second-order valence-corrected chi connectivity index (χ2v) is 9.23. The highest BCUT2D eigenvalue weighted by Crippen LogP contribution is 2.70. The summed E-state index contributed by atoms with van der Waals surface area (Å²) in [4.78, 5) is 11.8. The van der Waals surface area contributed by atoms with Gasteiger partial charge in [0.15, 0.2) is 0 Å². The normalized spacial score (nSPS) is 55.4. The molecule has 0 amide bonds. The molecule has 0 heterocycles. The highest BCUT2D eigenvalue weighted by atomic mass is 16.1. The molecule has 3 fully saturated rings. The molecule has 116 valence electrons. The molecule has 4 aliphatic carbocycles. The molecular formula is C20H30O. The van der Waals surface area contributed by atoms with Crippen molar-refractivity contribution >= 4 is 6.29 Å². The molecule has 4 rings (SSSR count). The molecule has 0 aromatic heterocycles. The summed E-state index contributed by atoms with van der Waals surface area (Å²) in [6.07, 6.45) is 14.6. The summed E-state index contributed by atoms with van der Waals surface area (Å²) in [5, 5.41) is 0. The van der Waals surface area contributed by atoms with Gasteiger partial charge in [0.05, 0.1) is 0 Å². The van der Waals surface area contributed by atoms with E-state index in [2.05, 4.69) is 26.8 Å². The highest BCUT2D eigenvalue weighted by molar-refractivity contribution is 5.60. The van der Waals surface area contributed by atoms with Gasteiger partial charge < -0.3 is 4.79 Å². The zero-order valence-electron chi connectivity index (χ0n) is 14.0. The number of hydrogen-bond acceptors (Lipinski definition) is 1. The standard InChI is InChI=1S/C20H30O/c1-14-11-20-10-7-16-18(2,13-21)8-4-9-19(16,3)17(20)6-5-15(14)12-20/h11,13,15-17H,4-10,12H2,1-3H3/t15-,16-,17+,18+,19-,20-/m1/s1. The van der Waals surface area contributed by atoms with Crippen LogP contribution >= 0.6 is 0 Å². The first-order valence-corrected chi connectivity index (χ1v) is 9.09. The van der Waals surface area contributed by atoms with E-state index in [0.29, 0.717) is 16.7 Å². The summed E-state index contributed by atoms with van der Waals surface area (Å²) in [7, 11) is 0. The summed E-state index contributed by atoms with van der Waals surface area (Å²) in [6, 6.07) is 0. The fraction of sp³-hybridized carbons (Fsp3) is 0.850. The third-order valence-corrected chi connectivity index (χ3v) is 8.27. The Hall–Kier alpha value is -0.590. The lowest BCUT2D eigenvalue weighted by Gasteiger charge is -2.63. The van der Waals surface area contributed by atoms with Crippen LogP contribution in [0, 0.1) is 34.0 Å². The number of rotatable bonds is 1. The molecule has 0 aromatic carbocycles. The smallest absolute Gasteiger partial charge is 0.126 e. The SMILES string of the molecule is CC1=C[C@@]23CC[C@H]4[C@@](C)(CCC[C@@]4(C)C=O)[C@@H]2CC[C@@H]1C3. The maximum Gasteiger partial charge on any atom is 0.126 e. The highest BCUT2D eigenvalue weighted by Gasteiger charge is 2.62. The van der Waals surface area contributed by atoms with Crippen molar-refractivity contribution < 1.29 is 4.79 Å². The van der Waals surface area contributed by atoms with Crippen molar-refractivity contribution in [2.75, 3.05) is 0 Å². The maximum absolute atomic E-state index is 11.8. The molecule has 4 aliphatic rings. The van der Waals surface area contributed by atoms with Crippen LogP contribution in [-0.4, -0.2) is 6.29 Å². The van der Waals surface area contributed by atoms with Crippen LogP contribution in [-0.2, 0) is 4.79 Å². The van der Waals surface area contributed by atoms with Crippen LogP contribution < -0.4 is 0 Å². The lowest BCUT2D eigenvalue weighted by molar-refractivity contribution is -0.151. The van der Waals surface area contributed by atoms with Crippen LogP contribution in [0.1, 0.15) is 72.1 Å². The summed E-state index contributed by atoms with van der Waals surface area (Å²) >= 11 is 0. The van der Waals surface area contributed by atoms with E-state index < -0.39 is 0 Å². The van der Waals surface area contributed by atoms with Crippen LogP contribution in [0.4, 0.5) is 0 Å². The lowest BCUT2D eigenvalue weighted by Crippen LogP contribution is -2.56. The predicted molar refractivity (Wildman–Crippen MR) is 85.9 cm³/mol. The molecule has 0 aromatic rings. The van der Waals surface area contributed by atoms with Crippen LogP contribution in [0.3, 0.4) is 0 Å². The Labute approximate surface area is 129 Å². The summed E-state index contributed by atoms with van der Waals surface area (Å²) < 4.78 is 0. The average Bonchev–Trinajstić information content (AvgIpc) is 2.68. The largest absolute Gasteiger partial charge is 0.303 e. The van der Waals surface area contributed by atoms with Crippen molar-refractivity contribution in [1.82, 2.24) is 0 Å². The van der Waals surface area contributed by atoms with E-state index in [4.69, 9.17) is 0 Å². The third kappa shape index (κ3) is 1.67. The molecule has 3 saturated carbocycles. The van der Waals surface area contributed by atoms with Crippen LogP contribution in [0.25, 0.3) is 0 Å². The van der Waals surface area contributed by atoms with Gasteiger partial charge in [0.25, 0.3) is 0 Å². The van der Waals surface area contributed by atoms with Crippen LogP contribution in [0.2, 0.25) is 0 Å². The van der Waals surface area contributed by atoms with Gasteiger partial charge in [0.1, 0.15) is 6.29 Å². The van der Waals surface area contributed by atoms with Gasteiger partial charge in [-0.1, -0.05) is 31.9 Å². The van der Waals surface area contributed by atoms with Gasteiger partial charge in [0.2, 0.25) is 0 Å². The van der Waals surface area contributed by atoms with E-state index in [1.165, 1.54) is 51.2 Å². The van der Waals surface area contributed by atoms with E-state index in [1.54, 1.807) is 5.57 Å². The molecule has 0 unspecified atom stereocenters. The zero-order chi connectivity index (χ0) is 14.9. The zero-order valence-corrected chi connectivity index (χ0v) is 14.0. The van der Waals surface area contributed by atoms with Gasteiger partial charge >= 0.3 is 0 Å². The first-order valence-electron chi connectivity index (χ1n) is 9.09. The number of fused-ring (bicyclic) bond motifs is 3. The predicted octanol–water partition coefficient (Wildman–Crippen LogP) is 5.15. The minimum Gasteiger partial charge on any atom is -0.303 e. The fourth-order valence-electron chi connectivity index (χ4n) is 7.40. The minimum atomic E-state index is -0.0528. The number of carbonyl (C=O) groups is 1. The van der Waals surface area contributed by atoms with E-state index in [1.807, 2.05) is 0 Å². The van der Waals surface area contributed by atoms with Crippen molar-refractivity contribution in [1.29, 1.82) is 0 Å². The van der Waals surface area contributed by atoms with Crippen molar-refractivity contribution in [3.05, 3.63) is 11.6 Å². The topological polar surface area (TPSA) is 17.1 Å². The first-order chi connectivity index (χ1) is 9.94. The number of allylic oxidation sites excluding steroid dienone is 2. The van der Waals surface area contributed by atoms with Crippen molar-refractivity contribution in [3.63, 3.8) is 0 Å². The van der Waals surface area contributed by atoms with Gasteiger partial charge in [-0.05, 0) is 80.5 Å². The van der Waals surface area contributed by atoms with E-state index in [0.717, 1.165) is 18.3 Å². The molecule has 0 N–H and O–H groups in total. The van der Waals surface area contributed by atoms with Gasteiger partial charge in [-0.25, -0.2) is 0 Å². The molecule has 2 bridgehead atoms. The Balaban J connectivity index is 1.76. The monoisotopic (exact) mass is 286 g/mol. The average molecular weight is 286 g/mol. The molecule has 21 heavy (non-hydrogen) atoms. The van der Waals surface area contributed by atoms with Crippen molar-refractivity contribution in [3.8, 4) is 0 Å². The summed E-state index contributed by atoms with van der Waals surface area (Å²) in [5.41, 5.74) is 2.52. The van der Waals surface area contributed by atoms with Gasteiger partial charge in [-0.2, -0.15) is 0 Å². The molecule has 1 heteroatoms. The Morgan fingerprint density at radius 2 is 1.90 bits per heavy atom. The molecule has 1 nitrogen and oxygen atoms in total. The summed E-state index contributed by atoms with van der Waals surface area (Å²) in [5.74, 6) is 2.33. The molecule has 0 aliphatic heterocycles. The first kappa shape index (κ1) is 14.0. The maximum atomic E-state index is 11.8. The van der Waals surface area contributed by atoms with E-state index in [-0.39, 0.29) is 5.41 Å². The Bertz CT molecular complexity index is 506. The quantitative estimate of drug-likeness (QED) is 0.481. The second-order valence-electron chi connectivity index (χ2n) is 9.23. The van der Waals surface area contributed by atoms with Crippen LogP contribution in [0.15, 0.2) is 11.6 Å². The van der Waals surface area contributed by atoms with Gasteiger partial charge in [-0.15, -0.1) is 0 Å². The lowest BCUT2D eigenvalue weighted by atomic mass is 9.41. The number of aldehydes is 1.